The normalized spacial score (nSPS) is 21.9. The number of pyridine rings is 1. The number of hydrogen-bond acceptors (Lipinski definition) is 8. The lowest BCUT2D eigenvalue weighted by Gasteiger charge is -2.42. The van der Waals surface area contributed by atoms with Gasteiger partial charge in [-0.3, -0.25) is 9.69 Å². The van der Waals surface area contributed by atoms with Gasteiger partial charge in [-0.1, -0.05) is 35.7 Å². The van der Waals surface area contributed by atoms with E-state index in [0.717, 1.165) is 49.8 Å². The summed E-state index contributed by atoms with van der Waals surface area (Å²) in [6.45, 7) is 7.02. The van der Waals surface area contributed by atoms with Crippen molar-refractivity contribution < 1.29 is 9.47 Å². The SMILES string of the molecule is O=c1cc(N2CCOCC2)cc(-c2cccc3c2Sc2ccc(NC4CCCN(C5COC5)C4)cc2S3)[nH]1. The molecule has 9 heteroatoms. The number of nitrogens with one attached hydrogen (secondary N) is 2. The van der Waals surface area contributed by atoms with Gasteiger partial charge in [0.05, 0.1) is 38.2 Å². The summed E-state index contributed by atoms with van der Waals surface area (Å²) >= 11 is 3.61. The van der Waals surface area contributed by atoms with E-state index in [9.17, 15) is 4.79 Å². The molecule has 4 aliphatic rings. The minimum absolute atomic E-state index is 0.0720. The van der Waals surface area contributed by atoms with Crippen molar-refractivity contribution in [3.63, 3.8) is 0 Å². The van der Waals surface area contributed by atoms with Gasteiger partial charge in [0.1, 0.15) is 0 Å². The highest BCUT2D eigenvalue weighted by Crippen LogP contribution is 2.52. The van der Waals surface area contributed by atoms with Gasteiger partial charge in [0, 0.05) is 68.3 Å². The Kier molecular flexibility index (Phi) is 6.87. The van der Waals surface area contributed by atoms with Crippen LogP contribution in [-0.2, 0) is 9.47 Å². The first-order valence-corrected chi connectivity index (χ1v) is 15.1. The van der Waals surface area contributed by atoms with Gasteiger partial charge in [0.15, 0.2) is 0 Å². The molecule has 7 rings (SSSR count). The van der Waals surface area contributed by atoms with E-state index in [1.165, 1.54) is 44.7 Å². The number of piperidine rings is 1. The van der Waals surface area contributed by atoms with Crippen molar-refractivity contribution in [2.75, 3.05) is 62.8 Å². The molecule has 7 nitrogen and oxygen atoms in total. The van der Waals surface area contributed by atoms with Crippen molar-refractivity contribution in [2.24, 2.45) is 0 Å². The number of likely N-dealkylation sites (tertiary alicyclic amines) is 1. The van der Waals surface area contributed by atoms with Crippen molar-refractivity contribution in [3.8, 4) is 11.3 Å². The molecule has 1 aromatic heterocycles. The number of aromatic amines is 1. The number of nitrogens with zero attached hydrogens (tertiary/aromatic N) is 2. The van der Waals surface area contributed by atoms with Crippen molar-refractivity contribution >= 4 is 34.9 Å². The molecule has 1 unspecified atom stereocenters. The van der Waals surface area contributed by atoms with Gasteiger partial charge in [0.25, 0.3) is 0 Å². The predicted molar refractivity (Wildman–Crippen MR) is 153 cm³/mol. The molecule has 0 bridgehead atoms. The molecule has 3 fully saturated rings. The molecule has 3 saturated heterocycles. The minimum atomic E-state index is -0.0720. The summed E-state index contributed by atoms with van der Waals surface area (Å²) in [4.78, 5) is 25.5. The van der Waals surface area contributed by atoms with Gasteiger partial charge in [-0.15, -0.1) is 0 Å². The maximum absolute atomic E-state index is 12.6. The van der Waals surface area contributed by atoms with E-state index in [1.807, 2.05) is 11.8 Å². The predicted octanol–water partition coefficient (Wildman–Crippen LogP) is 4.77. The van der Waals surface area contributed by atoms with Crippen molar-refractivity contribution in [1.82, 2.24) is 9.88 Å². The van der Waals surface area contributed by atoms with Gasteiger partial charge in [0.2, 0.25) is 5.56 Å². The first-order valence-electron chi connectivity index (χ1n) is 13.5. The van der Waals surface area contributed by atoms with Crippen LogP contribution in [0.1, 0.15) is 12.8 Å². The average molecular weight is 549 g/mol. The Balaban J connectivity index is 1.12. The second kappa shape index (κ2) is 10.6. The Morgan fingerprint density at radius 1 is 0.921 bits per heavy atom. The first-order chi connectivity index (χ1) is 18.7. The van der Waals surface area contributed by atoms with E-state index in [0.29, 0.717) is 25.3 Å². The molecule has 2 aromatic carbocycles. The quantitative estimate of drug-likeness (QED) is 0.370. The molecule has 0 aliphatic carbocycles. The number of anilines is 2. The highest BCUT2D eigenvalue weighted by atomic mass is 32.2. The molecule has 5 heterocycles. The summed E-state index contributed by atoms with van der Waals surface area (Å²) in [6.07, 6.45) is 2.44. The zero-order chi connectivity index (χ0) is 25.5. The molecule has 4 aliphatic heterocycles. The Morgan fingerprint density at radius 3 is 2.66 bits per heavy atom. The number of morpholine rings is 1. The van der Waals surface area contributed by atoms with Gasteiger partial charge >= 0.3 is 0 Å². The zero-order valence-electron chi connectivity index (χ0n) is 21.3. The maximum Gasteiger partial charge on any atom is 0.250 e. The van der Waals surface area contributed by atoms with Crippen LogP contribution in [0.2, 0.25) is 0 Å². The van der Waals surface area contributed by atoms with Crippen LogP contribution in [0.5, 0.6) is 0 Å². The summed E-state index contributed by atoms with van der Waals surface area (Å²) in [5, 5.41) is 3.81. The smallest absolute Gasteiger partial charge is 0.250 e. The average Bonchev–Trinajstić information content (AvgIpc) is 2.91. The van der Waals surface area contributed by atoms with Crippen molar-refractivity contribution in [1.29, 1.82) is 0 Å². The fourth-order valence-electron chi connectivity index (χ4n) is 5.71. The number of H-pyrrole nitrogens is 1. The number of ether oxygens (including phenoxy) is 2. The van der Waals surface area contributed by atoms with Gasteiger partial charge in [-0.05, 0) is 49.7 Å². The molecule has 0 radical (unpaired) electrons. The summed E-state index contributed by atoms with van der Waals surface area (Å²) in [6, 6.07) is 18.0. The maximum atomic E-state index is 12.6. The fourth-order valence-corrected chi connectivity index (χ4v) is 8.12. The Labute approximate surface area is 231 Å². The van der Waals surface area contributed by atoms with Crippen LogP contribution in [0.3, 0.4) is 0 Å². The number of hydrogen-bond donors (Lipinski definition) is 2. The Bertz CT molecular complexity index is 1390. The van der Waals surface area contributed by atoms with E-state index >= 15 is 0 Å². The highest BCUT2D eigenvalue weighted by Gasteiger charge is 2.30. The molecule has 38 heavy (non-hydrogen) atoms. The third-order valence-corrected chi connectivity index (χ3v) is 10.4. The van der Waals surface area contributed by atoms with Crippen LogP contribution in [0.25, 0.3) is 11.3 Å². The molecule has 0 amide bonds. The topological polar surface area (TPSA) is 69.8 Å². The van der Waals surface area contributed by atoms with E-state index < -0.39 is 0 Å². The van der Waals surface area contributed by atoms with Gasteiger partial charge < -0.3 is 24.7 Å². The standard InChI is InChI=1S/C29H32N4O3S2/c34-28-15-21(32-9-11-35-12-10-32)14-24(31-28)23-4-1-5-26-29(23)38-25-7-6-19(13-27(25)37-26)30-20-3-2-8-33(16-20)22-17-36-18-22/h1,4-7,13-15,20,22,30H,2-3,8-12,16-18H2,(H,31,34). The first kappa shape index (κ1) is 24.6. The molecule has 2 N–H and O–H groups in total. The van der Waals surface area contributed by atoms with Crippen molar-refractivity contribution in [2.45, 2.75) is 44.5 Å². The monoisotopic (exact) mass is 548 g/mol. The molecule has 0 saturated carbocycles. The second-order valence-electron chi connectivity index (χ2n) is 10.4. The number of fused-ring (bicyclic) bond motifs is 2. The van der Waals surface area contributed by atoms with Crippen LogP contribution in [-0.4, -0.2) is 74.6 Å². The number of aromatic nitrogens is 1. The number of rotatable bonds is 5. The largest absolute Gasteiger partial charge is 0.381 e. The summed E-state index contributed by atoms with van der Waals surface area (Å²) in [5.74, 6) is 0. The summed E-state index contributed by atoms with van der Waals surface area (Å²) < 4.78 is 10.9. The Morgan fingerprint density at radius 2 is 1.82 bits per heavy atom. The lowest BCUT2D eigenvalue weighted by molar-refractivity contribution is -0.0710. The summed E-state index contributed by atoms with van der Waals surface area (Å²) in [5.41, 5.74) is 4.01. The molecular formula is C29H32N4O3S2. The van der Waals surface area contributed by atoms with Gasteiger partial charge in [-0.25, -0.2) is 0 Å². The fraction of sp³-hybridized carbons (Fsp3) is 0.414. The van der Waals surface area contributed by atoms with E-state index in [4.69, 9.17) is 9.47 Å². The van der Waals surface area contributed by atoms with Crippen LogP contribution in [0.15, 0.2) is 72.9 Å². The van der Waals surface area contributed by atoms with Crippen LogP contribution in [0, 0.1) is 0 Å². The molecule has 0 spiro atoms. The molecule has 3 aromatic rings. The molecule has 198 valence electrons. The zero-order valence-corrected chi connectivity index (χ0v) is 22.9. The van der Waals surface area contributed by atoms with Crippen LogP contribution in [0.4, 0.5) is 11.4 Å². The second-order valence-corrected chi connectivity index (χ2v) is 12.5. The molecular weight excluding hydrogens is 516 g/mol. The Hall–Kier alpha value is -2.43. The van der Waals surface area contributed by atoms with Crippen molar-refractivity contribution in [3.05, 3.63) is 58.9 Å². The van der Waals surface area contributed by atoms with Crippen LogP contribution < -0.4 is 15.8 Å². The van der Waals surface area contributed by atoms with E-state index in [-0.39, 0.29) is 5.56 Å². The third kappa shape index (κ3) is 4.98. The van der Waals surface area contributed by atoms with Gasteiger partial charge in [-0.2, -0.15) is 0 Å². The van der Waals surface area contributed by atoms with E-state index in [2.05, 4.69) is 62.6 Å². The minimum Gasteiger partial charge on any atom is -0.381 e. The number of benzene rings is 2. The van der Waals surface area contributed by atoms with E-state index in [1.54, 1.807) is 17.8 Å². The van der Waals surface area contributed by atoms with Crippen LogP contribution >= 0.6 is 23.5 Å². The molecule has 1 atom stereocenters. The lowest BCUT2D eigenvalue weighted by Crippen LogP contribution is -2.54. The summed E-state index contributed by atoms with van der Waals surface area (Å²) in [7, 11) is 0. The third-order valence-electron chi connectivity index (χ3n) is 7.81. The highest BCUT2D eigenvalue weighted by molar-refractivity contribution is 8.05. The lowest BCUT2D eigenvalue weighted by atomic mass is 10.0.